The smallest absolute Gasteiger partial charge is 0.163 e. The van der Waals surface area contributed by atoms with Crippen molar-refractivity contribution in [3.05, 3.63) is 35.4 Å². The van der Waals surface area contributed by atoms with Crippen LogP contribution in [0.15, 0.2) is 24.3 Å². The second kappa shape index (κ2) is 6.16. The number of rotatable bonds is 4. The van der Waals surface area contributed by atoms with Crippen molar-refractivity contribution >= 4 is 29.3 Å². The molecule has 0 amide bonds. The Balaban J connectivity index is 2.07. The summed E-state index contributed by atoms with van der Waals surface area (Å²) in [6.45, 7) is 4.21. The summed E-state index contributed by atoms with van der Waals surface area (Å²) in [7, 11) is 0. The second-order valence-electron chi connectivity index (χ2n) is 4.74. The third kappa shape index (κ3) is 3.12. The molecule has 0 N–H and O–H groups in total. The van der Waals surface area contributed by atoms with E-state index in [0.29, 0.717) is 12.2 Å². The Labute approximate surface area is 118 Å². The molecule has 1 aliphatic rings. The summed E-state index contributed by atoms with van der Waals surface area (Å²) in [6.07, 6.45) is 2.75. The molecule has 1 heterocycles. The normalized spacial score (nSPS) is 18.6. The van der Waals surface area contributed by atoms with Crippen molar-refractivity contribution in [3.63, 3.8) is 0 Å². The number of ketones is 1. The van der Waals surface area contributed by atoms with Gasteiger partial charge in [-0.1, -0.05) is 36.8 Å². The van der Waals surface area contributed by atoms with Gasteiger partial charge in [-0.05, 0) is 36.8 Å². The number of hydrogen-bond donors (Lipinski definition) is 0. The molecule has 0 aliphatic carbocycles. The molecule has 0 unspecified atom stereocenters. The van der Waals surface area contributed by atoms with Crippen LogP contribution in [-0.4, -0.2) is 21.4 Å². The molecule has 0 spiro atoms. The molecule has 0 bridgehead atoms. The van der Waals surface area contributed by atoms with Gasteiger partial charge in [0.2, 0.25) is 0 Å². The first-order valence-electron chi connectivity index (χ1n) is 6.53. The van der Waals surface area contributed by atoms with Crippen molar-refractivity contribution in [1.82, 2.24) is 0 Å². The van der Waals surface area contributed by atoms with E-state index in [1.54, 1.807) is 0 Å². The first-order valence-corrected chi connectivity index (χ1v) is 8.50. The number of hydrogen-bond acceptors (Lipinski definition) is 3. The number of thioether (sulfide) groups is 2. The third-order valence-electron chi connectivity index (χ3n) is 3.33. The Morgan fingerprint density at radius 2 is 1.83 bits per heavy atom. The molecule has 1 saturated heterocycles. The van der Waals surface area contributed by atoms with Crippen LogP contribution in [0.5, 0.6) is 0 Å². The van der Waals surface area contributed by atoms with Crippen molar-refractivity contribution in [2.75, 3.05) is 11.5 Å². The van der Waals surface area contributed by atoms with Gasteiger partial charge in [0.25, 0.3) is 0 Å². The number of carbonyl (C=O) groups excluding carboxylic acids is 1. The van der Waals surface area contributed by atoms with E-state index < -0.39 is 0 Å². The molecule has 1 aromatic carbocycles. The van der Waals surface area contributed by atoms with Crippen LogP contribution < -0.4 is 0 Å². The molecule has 0 atom stereocenters. The van der Waals surface area contributed by atoms with Crippen molar-refractivity contribution < 1.29 is 4.79 Å². The van der Waals surface area contributed by atoms with E-state index in [1.165, 1.54) is 12.0 Å². The highest BCUT2D eigenvalue weighted by atomic mass is 32.2. The maximum Gasteiger partial charge on any atom is 0.163 e. The Kier molecular flexibility index (Phi) is 4.79. The van der Waals surface area contributed by atoms with Gasteiger partial charge in [-0.25, -0.2) is 0 Å². The lowest BCUT2D eigenvalue weighted by Crippen LogP contribution is -2.35. The highest BCUT2D eigenvalue weighted by Crippen LogP contribution is 2.45. The van der Waals surface area contributed by atoms with Crippen LogP contribution in [0.25, 0.3) is 0 Å². The minimum atomic E-state index is -0.177. The van der Waals surface area contributed by atoms with Gasteiger partial charge in [0.1, 0.15) is 4.08 Å². The standard InChI is InChI=1S/C15H20OS2/c1-3-15(17-9-4-10-18-15)14(16)11-13-7-5-12(2)6-8-13/h5-8H,3-4,9-11H2,1-2H3. The summed E-state index contributed by atoms with van der Waals surface area (Å²) in [4.78, 5) is 12.6. The second-order valence-corrected chi connectivity index (χ2v) is 7.79. The zero-order chi connectivity index (χ0) is 13.0. The van der Waals surface area contributed by atoms with E-state index in [0.717, 1.165) is 23.5 Å². The quantitative estimate of drug-likeness (QED) is 0.827. The van der Waals surface area contributed by atoms with Crippen molar-refractivity contribution in [1.29, 1.82) is 0 Å². The molecule has 98 valence electrons. The molecule has 18 heavy (non-hydrogen) atoms. The van der Waals surface area contributed by atoms with Crippen LogP contribution >= 0.6 is 23.5 Å². The molecular weight excluding hydrogens is 260 g/mol. The Morgan fingerprint density at radius 1 is 1.22 bits per heavy atom. The number of aryl methyl sites for hydroxylation is 1. The zero-order valence-corrected chi connectivity index (χ0v) is 12.7. The van der Waals surface area contributed by atoms with E-state index in [9.17, 15) is 4.79 Å². The summed E-state index contributed by atoms with van der Waals surface area (Å²) in [5.41, 5.74) is 2.39. The lowest BCUT2D eigenvalue weighted by Gasteiger charge is -2.33. The molecule has 1 nitrogen and oxygen atoms in total. The minimum absolute atomic E-state index is 0.177. The summed E-state index contributed by atoms with van der Waals surface area (Å²) in [5.74, 6) is 2.64. The molecule has 0 radical (unpaired) electrons. The van der Waals surface area contributed by atoms with Crippen LogP contribution in [0.3, 0.4) is 0 Å². The topological polar surface area (TPSA) is 17.1 Å². The molecule has 0 saturated carbocycles. The van der Waals surface area contributed by atoms with E-state index in [2.05, 4.69) is 38.1 Å². The predicted octanol–water partition coefficient (Wildman–Crippen LogP) is 4.08. The summed E-state index contributed by atoms with van der Waals surface area (Å²) in [5, 5.41) is 0. The monoisotopic (exact) mass is 280 g/mol. The van der Waals surface area contributed by atoms with E-state index in [1.807, 2.05) is 23.5 Å². The van der Waals surface area contributed by atoms with Crippen LogP contribution in [0.2, 0.25) is 0 Å². The summed E-state index contributed by atoms with van der Waals surface area (Å²) in [6, 6.07) is 8.33. The maximum absolute atomic E-state index is 12.6. The van der Waals surface area contributed by atoms with Gasteiger partial charge >= 0.3 is 0 Å². The predicted molar refractivity (Wildman–Crippen MR) is 82.4 cm³/mol. The SMILES string of the molecule is CCC1(C(=O)Cc2ccc(C)cc2)SCCCS1. The van der Waals surface area contributed by atoms with Gasteiger partial charge in [-0.15, -0.1) is 23.5 Å². The molecule has 3 heteroatoms. The minimum Gasteiger partial charge on any atom is -0.297 e. The fourth-order valence-corrected chi connectivity index (χ4v) is 5.29. The van der Waals surface area contributed by atoms with Crippen LogP contribution in [0.4, 0.5) is 0 Å². The summed E-state index contributed by atoms with van der Waals surface area (Å²) < 4.78 is -0.177. The molecular formula is C15H20OS2. The Hall–Kier alpha value is -0.410. The van der Waals surface area contributed by atoms with Gasteiger partial charge < -0.3 is 0 Å². The molecule has 1 aromatic rings. The van der Waals surface area contributed by atoms with Crippen LogP contribution in [0.1, 0.15) is 30.9 Å². The van der Waals surface area contributed by atoms with Crippen molar-refractivity contribution in [2.45, 2.75) is 37.2 Å². The third-order valence-corrected chi connectivity index (χ3v) is 6.99. The van der Waals surface area contributed by atoms with Gasteiger partial charge in [0.05, 0.1) is 0 Å². The van der Waals surface area contributed by atoms with Crippen LogP contribution in [0, 0.1) is 6.92 Å². The van der Waals surface area contributed by atoms with Gasteiger partial charge in [0, 0.05) is 6.42 Å². The molecule has 1 fully saturated rings. The summed E-state index contributed by atoms with van der Waals surface area (Å²) >= 11 is 3.71. The lowest BCUT2D eigenvalue weighted by atomic mass is 10.0. The number of benzene rings is 1. The highest BCUT2D eigenvalue weighted by molar-refractivity contribution is 8.19. The largest absolute Gasteiger partial charge is 0.297 e. The van der Waals surface area contributed by atoms with E-state index in [4.69, 9.17) is 0 Å². The van der Waals surface area contributed by atoms with Gasteiger partial charge in [-0.2, -0.15) is 0 Å². The highest BCUT2D eigenvalue weighted by Gasteiger charge is 2.38. The Bertz CT molecular complexity index is 405. The average molecular weight is 280 g/mol. The van der Waals surface area contributed by atoms with Gasteiger partial charge in [0.15, 0.2) is 5.78 Å². The first-order chi connectivity index (χ1) is 8.66. The average Bonchev–Trinajstić information content (AvgIpc) is 2.42. The fraction of sp³-hybridized carbons (Fsp3) is 0.533. The molecule has 0 aromatic heterocycles. The van der Waals surface area contributed by atoms with Crippen molar-refractivity contribution in [3.8, 4) is 0 Å². The lowest BCUT2D eigenvalue weighted by molar-refractivity contribution is -0.118. The van der Waals surface area contributed by atoms with Gasteiger partial charge in [-0.3, -0.25) is 4.79 Å². The van der Waals surface area contributed by atoms with E-state index >= 15 is 0 Å². The maximum atomic E-state index is 12.6. The first kappa shape index (κ1) is 14.0. The zero-order valence-electron chi connectivity index (χ0n) is 11.1. The molecule has 2 rings (SSSR count). The fourth-order valence-electron chi connectivity index (χ4n) is 2.16. The van der Waals surface area contributed by atoms with Crippen LogP contribution in [-0.2, 0) is 11.2 Å². The number of Topliss-reactive ketones (excluding diaryl/α,β-unsaturated/α-hetero) is 1. The number of carbonyl (C=O) groups is 1. The Morgan fingerprint density at radius 3 is 2.39 bits per heavy atom. The molecule has 1 aliphatic heterocycles. The van der Waals surface area contributed by atoms with E-state index in [-0.39, 0.29) is 4.08 Å². The van der Waals surface area contributed by atoms with Crippen molar-refractivity contribution in [2.24, 2.45) is 0 Å².